The van der Waals surface area contributed by atoms with Crippen LogP contribution in [-0.2, 0) is 19.6 Å². The summed E-state index contributed by atoms with van der Waals surface area (Å²) in [5, 5.41) is 2.91. The molecule has 0 radical (unpaired) electrons. The third-order valence-electron chi connectivity index (χ3n) is 5.74. The van der Waals surface area contributed by atoms with Gasteiger partial charge in [-0.3, -0.25) is 9.59 Å². The number of carbonyl (C=O) groups excluding carboxylic acids is 2. The summed E-state index contributed by atoms with van der Waals surface area (Å²) in [4.78, 5) is 27.6. The molecule has 0 bridgehead atoms. The van der Waals surface area contributed by atoms with Gasteiger partial charge in [-0.05, 0) is 44.2 Å². The Morgan fingerprint density at radius 1 is 1.07 bits per heavy atom. The van der Waals surface area contributed by atoms with Crippen LogP contribution in [0.25, 0.3) is 0 Å². The van der Waals surface area contributed by atoms with Crippen LogP contribution in [-0.4, -0.2) is 61.7 Å². The van der Waals surface area contributed by atoms with Crippen molar-refractivity contribution in [3.05, 3.63) is 30.3 Å². The number of sulfonamides is 1. The SMILES string of the molecule is CCCNC(=O)C1CCCN(C(=O)C2CCCCN2S(=O)(=O)c2ccccc2)C1. The normalized spacial score (nSPS) is 23.6. The summed E-state index contributed by atoms with van der Waals surface area (Å²) in [6.45, 7) is 3.93. The zero-order chi connectivity index (χ0) is 20.9. The van der Waals surface area contributed by atoms with Gasteiger partial charge in [-0.15, -0.1) is 0 Å². The van der Waals surface area contributed by atoms with Gasteiger partial charge in [-0.2, -0.15) is 4.31 Å². The second-order valence-electron chi connectivity index (χ2n) is 7.85. The summed E-state index contributed by atoms with van der Waals surface area (Å²) in [5.74, 6) is -0.402. The van der Waals surface area contributed by atoms with Crippen LogP contribution in [0.3, 0.4) is 0 Å². The lowest BCUT2D eigenvalue weighted by Gasteiger charge is -2.39. The van der Waals surface area contributed by atoms with Gasteiger partial charge >= 0.3 is 0 Å². The Labute approximate surface area is 173 Å². The molecule has 2 unspecified atom stereocenters. The maximum Gasteiger partial charge on any atom is 0.243 e. The zero-order valence-electron chi connectivity index (χ0n) is 17.0. The summed E-state index contributed by atoms with van der Waals surface area (Å²) >= 11 is 0. The molecule has 8 heteroatoms. The van der Waals surface area contributed by atoms with E-state index in [-0.39, 0.29) is 22.6 Å². The molecule has 2 atom stereocenters. The molecule has 2 saturated heterocycles. The molecule has 7 nitrogen and oxygen atoms in total. The highest BCUT2D eigenvalue weighted by atomic mass is 32.2. The molecule has 2 heterocycles. The first kappa shape index (κ1) is 21.8. The van der Waals surface area contributed by atoms with Crippen molar-refractivity contribution >= 4 is 21.8 Å². The van der Waals surface area contributed by atoms with Gasteiger partial charge in [0.15, 0.2) is 0 Å². The number of hydrogen-bond acceptors (Lipinski definition) is 4. The third-order valence-corrected chi connectivity index (χ3v) is 7.66. The first-order valence-corrected chi connectivity index (χ1v) is 12.0. The highest BCUT2D eigenvalue weighted by Gasteiger charge is 2.40. The first-order valence-electron chi connectivity index (χ1n) is 10.6. The molecule has 1 N–H and O–H groups in total. The number of piperidine rings is 2. The number of nitrogens with zero attached hydrogens (tertiary/aromatic N) is 2. The molecule has 2 aliphatic heterocycles. The zero-order valence-corrected chi connectivity index (χ0v) is 17.9. The van der Waals surface area contributed by atoms with Crippen molar-refractivity contribution in [3.8, 4) is 0 Å². The second-order valence-corrected chi connectivity index (χ2v) is 9.75. The van der Waals surface area contributed by atoms with Gasteiger partial charge in [0.25, 0.3) is 0 Å². The van der Waals surface area contributed by atoms with E-state index in [0.717, 1.165) is 32.1 Å². The minimum Gasteiger partial charge on any atom is -0.356 e. The van der Waals surface area contributed by atoms with Crippen LogP contribution in [0.2, 0.25) is 0 Å². The van der Waals surface area contributed by atoms with Crippen molar-refractivity contribution in [1.29, 1.82) is 0 Å². The maximum atomic E-state index is 13.3. The predicted molar refractivity (Wildman–Crippen MR) is 111 cm³/mol. The molecular formula is C21H31N3O4S. The average molecular weight is 422 g/mol. The van der Waals surface area contributed by atoms with Crippen LogP contribution in [0, 0.1) is 5.92 Å². The second kappa shape index (κ2) is 9.71. The Kier molecular flexibility index (Phi) is 7.29. The van der Waals surface area contributed by atoms with E-state index in [1.54, 1.807) is 35.2 Å². The monoisotopic (exact) mass is 421 g/mol. The van der Waals surface area contributed by atoms with Gasteiger partial charge in [0.2, 0.25) is 21.8 Å². The Bertz CT molecular complexity index is 812. The lowest BCUT2D eigenvalue weighted by molar-refractivity contribution is -0.139. The molecule has 2 aliphatic rings. The van der Waals surface area contributed by atoms with E-state index in [0.29, 0.717) is 32.6 Å². The number of nitrogens with one attached hydrogen (secondary N) is 1. The minimum atomic E-state index is -3.73. The topological polar surface area (TPSA) is 86.8 Å². The van der Waals surface area contributed by atoms with Gasteiger partial charge in [0, 0.05) is 26.2 Å². The summed E-state index contributed by atoms with van der Waals surface area (Å²) in [7, 11) is -3.73. The largest absolute Gasteiger partial charge is 0.356 e. The van der Waals surface area contributed by atoms with Crippen LogP contribution in [0.4, 0.5) is 0 Å². The van der Waals surface area contributed by atoms with Crippen molar-refractivity contribution in [1.82, 2.24) is 14.5 Å². The fraction of sp³-hybridized carbons (Fsp3) is 0.619. The molecule has 3 rings (SSSR count). The highest BCUT2D eigenvalue weighted by molar-refractivity contribution is 7.89. The quantitative estimate of drug-likeness (QED) is 0.761. The van der Waals surface area contributed by atoms with E-state index in [2.05, 4.69) is 5.32 Å². The number of hydrogen-bond donors (Lipinski definition) is 1. The Morgan fingerprint density at radius 2 is 1.83 bits per heavy atom. The van der Waals surface area contributed by atoms with Crippen molar-refractivity contribution in [2.45, 2.75) is 56.4 Å². The molecule has 1 aromatic rings. The average Bonchev–Trinajstić information content (AvgIpc) is 2.77. The molecule has 1 aromatic carbocycles. The standard InChI is InChI=1S/C21H31N3O4S/c1-2-13-22-20(25)17-9-8-14-23(16-17)21(26)19-12-6-7-15-24(19)29(27,28)18-10-4-3-5-11-18/h3-5,10-11,17,19H,2,6-9,12-16H2,1H3,(H,22,25). The van der Waals surface area contributed by atoms with Gasteiger partial charge < -0.3 is 10.2 Å². The summed E-state index contributed by atoms with van der Waals surface area (Å²) in [6, 6.07) is 7.61. The molecule has 0 aliphatic carbocycles. The molecule has 0 spiro atoms. The first-order chi connectivity index (χ1) is 13.9. The van der Waals surface area contributed by atoms with E-state index in [4.69, 9.17) is 0 Å². The minimum absolute atomic E-state index is 0.0123. The molecule has 2 amide bonds. The van der Waals surface area contributed by atoms with E-state index in [1.165, 1.54) is 4.31 Å². The lowest BCUT2D eigenvalue weighted by atomic mass is 9.95. The van der Waals surface area contributed by atoms with Gasteiger partial charge in [-0.1, -0.05) is 31.5 Å². The molecule has 160 valence electrons. The highest BCUT2D eigenvalue weighted by Crippen LogP contribution is 2.28. The fourth-order valence-corrected chi connectivity index (χ4v) is 5.83. The van der Waals surface area contributed by atoms with Crippen LogP contribution in [0.15, 0.2) is 35.2 Å². The van der Waals surface area contributed by atoms with Crippen LogP contribution >= 0.6 is 0 Å². The number of carbonyl (C=O) groups is 2. The van der Waals surface area contributed by atoms with Crippen molar-refractivity contribution in [3.63, 3.8) is 0 Å². The van der Waals surface area contributed by atoms with E-state index >= 15 is 0 Å². The number of likely N-dealkylation sites (tertiary alicyclic amines) is 1. The fourth-order valence-electron chi connectivity index (χ4n) is 4.16. The molecule has 29 heavy (non-hydrogen) atoms. The van der Waals surface area contributed by atoms with Crippen molar-refractivity contribution in [2.75, 3.05) is 26.2 Å². The predicted octanol–water partition coefficient (Wildman–Crippen LogP) is 1.99. The summed E-state index contributed by atoms with van der Waals surface area (Å²) in [5.41, 5.74) is 0. The molecule has 0 saturated carbocycles. The molecule has 2 fully saturated rings. The van der Waals surface area contributed by atoms with Crippen LogP contribution < -0.4 is 5.32 Å². The van der Waals surface area contributed by atoms with Crippen LogP contribution in [0.5, 0.6) is 0 Å². The lowest BCUT2D eigenvalue weighted by Crippen LogP contribution is -2.55. The summed E-state index contributed by atoms with van der Waals surface area (Å²) < 4.78 is 27.7. The smallest absolute Gasteiger partial charge is 0.243 e. The maximum absolute atomic E-state index is 13.3. The van der Waals surface area contributed by atoms with Crippen molar-refractivity contribution in [2.24, 2.45) is 5.92 Å². The molecular weight excluding hydrogens is 390 g/mol. The Morgan fingerprint density at radius 3 is 2.55 bits per heavy atom. The Hall–Kier alpha value is -1.93. The molecule has 0 aromatic heterocycles. The van der Waals surface area contributed by atoms with E-state index in [1.807, 2.05) is 6.92 Å². The van der Waals surface area contributed by atoms with Gasteiger partial charge in [-0.25, -0.2) is 8.42 Å². The van der Waals surface area contributed by atoms with Crippen LogP contribution in [0.1, 0.15) is 45.4 Å². The Balaban J connectivity index is 1.75. The number of rotatable bonds is 6. The van der Waals surface area contributed by atoms with E-state index in [9.17, 15) is 18.0 Å². The van der Waals surface area contributed by atoms with Gasteiger partial charge in [0.05, 0.1) is 10.8 Å². The third kappa shape index (κ3) is 4.98. The number of amides is 2. The summed E-state index contributed by atoms with van der Waals surface area (Å²) in [6.07, 6.45) is 4.48. The van der Waals surface area contributed by atoms with Crippen molar-refractivity contribution < 1.29 is 18.0 Å². The van der Waals surface area contributed by atoms with E-state index < -0.39 is 16.1 Å². The number of benzene rings is 1. The van der Waals surface area contributed by atoms with Gasteiger partial charge in [0.1, 0.15) is 6.04 Å².